The lowest BCUT2D eigenvalue weighted by Gasteiger charge is -2.10. The number of hydrogen-bond donors (Lipinski definition) is 0. The average Bonchev–Trinajstić information content (AvgIpc) is 2.90. The van der Waals surface area contributed by atoms with E-state index in [1.165, 1.54) is 3.97 Å². The molecule has 4 nitrogen and oxygen atoms in total. The van der Waals surface area contributed by atoms with Crippen LogP contribution in [0.15, 0.2) is 34.0 Å². The van der Waals surface area contributed by atoms with Gasteiger partial charge in [0.25, 0.3) is 14.1 Å². The van der Waals surface area contributed by atoms with Gasteiger partial charge in [0, 0.05) is 0 Å². The first-order valence-electron chi connectivity index (χ1n) is 6.26. The first-order chi connectivity index (χ1) is 9.82. The summed E-state index contributed by atoms with van der Waals surface area (Å²) in [6.45, 7) is 5.39. The maximum atomic E-state index is 12.8. The van der Waals surface area contributed by atoms with Gasteiger partial charge in [-0.25, -0.2) is 12.4 Å². The van der Waals surface area contributed by atoms with E-state index in [4.69, 9.17) is 0 Å². The van der Waals surface area contributed by atoms with Crippen LogP contribution in [0.5, 0.6) is 0 Å². The molecule has 3 aromatic rings. The largest absolute Gasteiger partial charge is 0.288 e. The van der Waals surface area contributed by atoms with Crippen molar-refractivity contribution in [2.45, 2.75) is 25.7 Å². The minimum absolute atomic E-state index is 0.00826. The summed E-state index contributed by atoms with van der Waals surface area (Å²) in [7, 11) is -3.63. The predicted molar refractivity (Wildman–Crippen MR) is 87.2 cm³/mol. The lowest BCUT2D eigenvalue weighted by atomic mass is 10.2. The van der Waals surface area contributed by atoms with E-state index in [-0.39, 0.29) is 8.95 Å². The van der Waals surface area contributed by atoms with Crippen molar-refractivity contribution in [1.29, 1.82) is 0 Å². The first kappa shape index (κ1) is 14.5. The first-order valence-corrected chi connectivity index (χ1v) is 9.33. The van der Waals surface area contributed by atoms with E-state index in [1.807, 2.05) is 6.92 Å². The van der Waals surface area contributed by atoms with Crippen molar-refractivity contribution in [2.24, 2.45) is 0 Å². The number of fused-ring (bicyclic) bond motifs is 1. The Morgan fingerprint density at radius 2 is 1.38 bits per heavy atom. The van der Waals surface area contributed by atoms with Crippen LogP contribution in [0.2, 0.25) is 0 Å². The van der Waals surface area contributed by atoms with Crippen molar-refractivity contribution >= 4 is 42.1 Å². The van der Waals surface area contributed by atoms with Crippen LogP contribution in [0.25, 0.3) is 9.40 Å². The molecule has 0 aliphatic heterocycles. The summed E-state index contributed by atoms with van der Waals surface area (Å²) in [5, 5.41) is 0. The van der Waals surface area contributed by atoms with Gasteiger partial charge < -0.3 is 0 Å². The van der Waals surface area contributed by atoms with E-state index in [0.717, 1.165) is 37.6 Å². The Morgan fingerprint density at radius 3 is 1.86 bits per heavy atom. The molecule has 3 rings (SSSR count). The highest BCUT2D eigenvalue weighted by atomic mass is 32.2. The topological polar surface area (TPSA) is 56.1 Å². The Morgan fingerprint density at radius 1 is 0.905 bits per heavy atom. The smallest absolute Gasteiger partial charge is 0.265 e. The van der Waals surface area contributed by atoms with Crippen LogP contribution in [0.1, 0.15) is 17.0 Å². The van der Waals surface area contributed by atoms with Crippen molar-refractivity contribution in [2.75, 3.05) is 0 Å². The molecule has 0 aliphatic rings. The second-order valence-corrected chi connectivity index (χ2v) is 8.88. The third-order valence-corrected chi connectivity index (χ3v) is 7.67. The molecule has 0 saturated carbocycles. The summed E-state index contributed by atoms with van der Waals surface area (Å²) < 4.78 is 28.5. The van der Waals surface area contributed by atoms with E-state index >= 15 is 0 Å². The van der Waals surface area contributed by atoms with Crippen LogP contribution >= 0.6 is 22.7 Å². The van der Waals surface area contributed by atoms with Crippen LogP contribution in [-0.4, -0.2) is 12.4 Å². The summed E-state index contributed by atoms with van der Waals surface area (Å²) in [6, 6.07) is 6.78. The predicted octanol–water partition coefficient (Wildman–Crippen LogP) is 3.29. The molecule has 0 radical (unpaired) electrons. The summed E-state index contributed by atoms with van der Waals surface area (Å²) in [5.41, 5.74) is 2.21. The molecule has 0 spiro atoms. The van der Waals surface area contributed by atoms with Crippen molar-refractivity contribution in [3.05, 3.63) is 50.1 Å². The lowest BCUT2D eigenvalue weighted by Crippen LogP contribution is -2.15. The fourth-order valence-electron chi connectivity index (χ4n) is 2.37. The van der Waals surface area contributed by atoms with Crippen molar-refractivity contribution in [3.8, 4) is 0 Å². The minimum Gasteiger partial charge on any atom is -0.265 e. The van der Waals surface area contributed by atoms with Gasteiger partial charge in [-0.1, -0.05) is 40.4 Å². The van der Waals surface area contributed by atoms with Crippen molar-refractivity contribution in [3.63, 3.8) is 0 Å². The maximum absolute atomic E-state index is 12.8. The number of aromatic nitrogens is 1. The van der Waals surface area contributed by atoms with Crippen LogP contribution < -0.4 is 4.06 Å². The number of benzene rings is 1. The van der Waals surface area contributed by atoms with Gasteiger partial charge in [-0.2, -0.15) is 0 Å². The second-order valence-electron chi connectivity index (χ2n) is 4.87. The van der Waals surface area contributed by atoms with Crippen molar-refractivity contribution < 1.29 is 8.42 Å². The Bertz CT molecular complexity index is 948. The summed E-state index contributed by atoms with van der Waals surface area (Å²) in [4.78, 5) is 11.8. The molecule has 0 saturated heterocycles. The molecule has 21 heavy (non-hydrogen) atoms. The zero-order valence-corrected chi connectivity index (χ0v) is 14.2. The standard InChI is InChI=1S/C14H13NO3S3/c1-8-4-6-11(7-5-8)21(17,18)15-9(2)12-13(10(15)3)20-14(16)19-12/h4-7H,1-3H3. The van der Waals surface area contributed by atoms with Crippen LogP contribution in [0.4, 0.5) is 0 Å². The maximum Gasteiger partial charge on any atom is 0.288 e. The number of nitrogens with zero attached hydrogens (tertiary/aromatic N) is 1. The highest BCUT2D eigenvalue weighted by Crippen LogP contribution is 2.33. The van der Waals surface area contributed by atoms with Crippen LogP contribution in [0.3, 0.4) is 0 Å². The van der Waals surface area contributed by atoms with Gasteiger partial charge in [0.05, 0.1) is 25.7 Å². The number of aryl methyl sites for hydroxylation is 3. The molecular weight excluding hydrogens is 326 g/mol. The Labute approximate surface area is 130 Å². The molecule has 0 N–H and O–H groups in total. The summed E-state index contributed by atoms with van der Waals surface area (Å²) in [5.74, 6) is 0. The monoisotopic (exact) mass is 339 g/mol. The molecule has 2 aromatic heterocycles. The van der Waals surface area contributed by atoms with E-state index in [1.54, 1.807) is 38.1 Å². The van der Waals surface area contributed by atoms with Gasteiger partial charge in [0.1, 0.15) is 0 Å². The fourth-order valence-corrected chi connectivity index (χ4v) is 6.29. The highest BCUT2D eigenvalue weighted by Gasteiger charge is 2.25. The van der Waals surface area contributed by atoms with Gasteiger partial charge in [-0.15, -0.1) is 0 Å². The highest BCUT2D eigenvalue weighted by molar-refractivity contribution is 7.90. The van der Waals surface area contributed by atoms with Gasteiger partial charge >= 0.3 is 0 Å². The van der Waals surface area contributed by atoms with Crippen LogP contribution in [-0.2, 0) is 10.0 Å². The number of rotatable bonds is 2. The summed E-state index contributed by atoms with van der Waals surface area (Å²) >= 11 is 2.21. The van der Waals surface area contributed by atoms with Gasteiger partial charge in [0.15, 0.2) is 0 Å². The normalized spacial score (nSPS) is 12.1. The third-order valence-electron chi connectivity index (χ3n) is 3.40. The quantitative estimate of drug-likeness (QED) is 0.720. The Balaban J connectivity index is 2.31. The fraction of sp³-hybridized carbons (Fsp3) is 0.214. The molecule has 0 amide bonds. The van der Waals surface area contributed by atoms with E-state index < -0.39 is 10.0 Å². The second kappa shape index (κ2) is 4.79. The third kappa shape index (κ3) is 2.16. The van der Waals surface area contributed by atoms with Gasteiger partial charge in [-0.3, -0.25) is 4.79 Å². The zero-order chi connectivity index (χ0) is 15.4. The molecule has 0 fully saturated rings. The lowest BCUT2D eigenvalue weighted by molar-refractivity contribution is 0.585. The van der Waals surface area contributed by atoms with Gasteiger partial charge in [0.2, 0.25) is 0 Å². The van der Waals surface area contributed by atoms with E-state index in [2.05, 4.69) is 0 Å². The molecule has 2 heterocycles. The minimum atomic E-state index is -3.63. The Hall–Kier alpha value is -1.44. The Kier molecular flexibility index (Phi) is 3.31. The molecule has 0 bridgehead atoms. The average molecular weight is 339 g/mol. The summed E-state index contributed by atoms with van der Waals surface area (Å²) in [6.07, 6.45) is 0. The molecule has 0 aliphatic carbocycles. The number of hydrogen-bond acceptors (Lipinski definition) is 5. The molecular formula is C14H13NO3S3. The SMILES string of the molecule is Cc1ccc(S(=O)(=O)n2c(C)c3sc(=O)sc3c2C)cc1. The van der Waals surface area contributed by atoms with E-state index in [9.17, 15) is 13.2 Å². The zero-order valence-electron chi connectivity index (χ0n) is 11.7. The van der Waals surface area contributed by atoms with Crippen LogP contribution in [0, 0.1) is 20.8 Å². The van der Waals surface area contributed by atoms with E-state index in [0.29, 0.717) is 11.4 Å². The molecule has 1 aromatic carbocycles. The molecule has 0 unspecified atom stereocenters. The molecule has 0 atom stereocenters. The van der Waals surface area contributed by atoms with Crippen molar-refractivity contribution in [1.82, 2.24) is 3.97 Å². The molecule has 110 valence electrons. The molecule has 7 heteroatoms. The van der Waals surface area contributed by atoms with Gasteiger partial charge in [-0.05, 0) is 32.9 Å².